The van der Waals surface area contributed by atoms with Crippen LogP contribution in [0.5, 0.6) is 0 Å². The summed E-state index contributed by atoms with van der Waals surface area (Å²) in [6, 6.07) is 21.7. The Morgan fingerprint density at radius 1 is 0.892 bits per heavy atom. The minimum atomic E-state index is -0.504. The highest BCUT2D eigenvalue weighted by atomic mass is 16.6. The molecule has 2 fully saturated rings. The number of anilines is 2. The lowest BCUT2D eigenvalue weighted by molar-refractivity contribution is -0.384. The number of hydrogen-bond acceptors (Lipinski definition) is 5. The van der Waals surface area contributed by atoms with Gasteiger partial charge < -0.3 is 15.5 Å². The lowest BCUT2D eigenvalue weighted by Gasteiger charge is -2.35. The van der Waals surface area contributed by atoms with E-state index in [4.69, 9.17) is 0 Å². The van der Waals surface area contributed by atoms with Crippen molar-refractivity contribution >= 4 is 28.9 Å². The number of nitro groups is 1. The van der Waals surface area contributed by atoms with Crippen LogP contribution in [0.1, 0.15) is 52.0 Å². The molecular weight excluding hydrogens is 468 g/mol. The number of piperidine rings is 1. The highest BCUT2D eigenvalue weighted by Crippen LogP contribution is 2.31. The van der Waals surface area contributed by atoms with E-state index < -0.39 is 10.8 Å². The molecule has 1 saturated heterocycles. The largest absolute Gasteiger partial charge is 0.371 e. The molecule has 3 aromatic rings. The molecule has 8 heteroatoms. The maximum Gasteiger partial charge on any atom is 0.269 e. The van der Waals surface area contributed by atoms with E-state index in [-0.39, 0.29) is 17.6 Å². The van der Waals surface area contributed by atoms with E-state index in [1.807, 2.05) is 18.2 Å². The maximum atomic E-state index is 13.2. The SMILES string of the molecule is O=C(Nc1ccc(N2CCC(Cc3ccccc3)CC2)c(C(=O)NC2CC2)c1)c1ccc([N+](=O)[O-])cc1. The monoisotopic (exact) mass is 498 g/mol. The first-order valence-electron chi connectivity index (χ1n) is 12.8. The van der Waals surface area contributed by atoms with Gasteiger partial charge in [-0.1, -0.05) is 30.3 Å². The molecule has 3 aromatic carbocycles. The molecule has 2 N–H and O–H groups in total. The molecule has 2 aliphatic rings. The van der Waals surface area contributed by atoms with Gasteiger partial charge in [0.2, 0.25) is 0 Å². The van der Waals surface area contributed by atoms with Gasteiger partial charge in [0.1, 0.15) is 0 Å². The number of amides is 2. The van der Waals surface area contributed by atoms with Gasteiger partial charge in [-0.15, -0.1) is 0 Å². The van der Waals surface area contributed by atoms with Crippen LogP contribution >= 0.6 is 0 Å². The Balaban J connectivity index is 1.30. The Morgan fingerprint density at radius 3 is 2.24 bits per heavy atom. The van der Waals surface area contributed by atoms with Crippen molar-refractivity contribution in [3.8, 4) is 0 Å². The summed E-state index contributed by atoms with van der Waals surface area (Å²) in [5.41, 5.74) is 3.52. The number of benzene rings is 3. The van der Waals surface area contributed by atoms with E-state index in [2.05, 4.69) is 39.8 Å². The summed E-state index contributed by atoms with van der Waals surface area (Å²) < 4.78 is 0. The number of hydrogen-bond donors (Lipinski definition) is 2. The van der Waals surface area contributed by atoms with Crippen molar-refractivity contribution in [3.63, 3.8) is 0 Å². The number of non-ortho nitro benzene ring substituents is 1. The van der Waals surface area contributed by atoms with E-state index >= 15 is 0 Å². The van der Waals surface area contributed by atoms with Crippen LogP contribution in [0.2, 0.25) is 0 Å². The molecule has 1 saturated carbocycles. The number of carbonyl (C=O) groups is 2. The highest BCUT2D eigenvalue weighted by Gasteiger charge is 2.28. The number of carbonyl (C=O) groups excluding carboxylic acids is 2. The van der Waals surface area contributed by atoms with Crippen LogP contribution in [-0.4, -0.2) is 35.9 Å². The summed E-state index contributed by atoms with van der Waals surface area (Å²) in [5, 5.41) is 16.8. The van der Waals surface area contributed by atoms with Gasteiger partial charge in [0.05, 0.1) is 10.5 Å². The second kappa shape index (κ2) is 10.8. The van der Waals surface area contributed by atoms with Gasteiger partial charge >= 0.3 is 0 Å². The fourth-order valence-electron chi connectivity index (χ4n) is 4.83. The van der Waals surface area contributed by atoms with Crippen molar-refractivity contribution in [3.05, 3.63) is 99.6 Å². The first-order valence-corrected chi connectivity index (χ1v) is 12.8. The molecule has 1 heterocycles. The Hall–Kier alpha value is -4.20. The molecule has 1 aliphatic heterocycles. The van der Waals surface area contributed by atoms with Crippen LogP contribution in [0.3, 0.4) is 0 Å². The van der Waals surface area contributed by atoms with Crippen LogP contribution < -0.4 is 15.5 Å². The van der Waals surface area contributed by atoms with E-state index in [1.165, 1.54) is 29.8 Å². The third kappa shape index (κ3) is 6.14. The van der Waals surface area contributed by atoms with Gasteiger partial charge in [0.25, 0.3) is 17.5 Å². The van der Waals surface area contributed by atoms with Crippen molar-refractivity contribution in [2.75, 3.05) is 23.3 Å². The molecule has 1 aliphatic carbocycles. The quantitative estimate of drug-likeness (QED) is 0.328. The number of nitrogens with zero attached hydrogens (tertiary/aromatic N) is 2. The third-order valence-electron chi connectivity index (χ3n) is 7.07. The predicted octanol–water partition coefficient (Wildman–Crippen LogP) is 5.20. The van der Waals surface area contributed by atoms with Crippen LogP contribution in [0.4, 0.5) is 17.1 Å². The highest BCUT2D eigenvalue weighted by molar-refractivity contribution is 6.06. The molecule has 0 aromatic heterocycles. The Kier molecular flexibility index (Phi) is 7.16. The zero-order valence-corrected chi connectivity index (χ0v) is 20.6. The second-order valence-corrected chi connectivity index (χ2v) is 9.86. The van der Waals surface area contributed by atoms with E-state index in [0.717, 1.165) is 50.9 Å². The predicted molar refractivity (Wildman–Crippen MR) is 143 cm³/mol. The maximum absolute atomic E-state index is 13.2. The summed E-state index contributed by atoms with van der Waals surface area (Å²) in [7, 11) is 0. The lowest BCUT2D eigenvalue weighted by Crippen LogP contribution is -2.36. The van der Waals surface area contributed by atoms with Crippen LogP contribution in [0.25, 0.3) is 0 Å². The molecule has 8 nitrogen and oxygen atoms in total. The van der Waals surface area contributed by atoms with E-state index in [1.54, 1.807) is 6.07 Å². The average molecular weight is 499 g/mol. The Bertz CT molecular complexity index is 1280. The van der Waals surface area contributed by atoms with Crippen molar-refractivity contribution in [1.29, 1.82) is 0 Å². The third-order valence-corrected chi connectivity index (χ3v) is 7.07. The van der Waals surface area contributed by atoms with Crippen molar-refractivity contribution in [1.82, 2.24) is 5.32 Å². The molecule has 37 heavy (non-hydrogen) atoms. The molecular formula is C29H30N4O4. The normalized spacial score (nSPS) is 15.7. The summed E-state index contributed by atoms with van der Waals surface area (Å²) in [6.45, 7) is 1.74. The molecule has 2 amide bonds. The topological polar surface area (TPSA) is 105 Å². The van der Waals surface area contributed by atoms with Crippen LogP contribution in [0.15, 0.2) is 72.8 Å². The van der Waals surface area contributed by atoms with Crippen LogP contribution in [-0.2, 0) is 6.42 Å². The van der Waals surface area contributed by atoms with Crippen LogP contribution in [0, 0.1) is 16.0 Å². The van der Waals surface area contributed by atoms with Gasteiger partial charge in [-0.2, -0.15) is 0 Å². The first kappa shape index (κ1) is 24.5. The second-order valence-electron chi connectivity index (χ2n) is 9.86. The standard InChI is InChI=1S/C29H30N4O4/c34-28(22-6-11-25(12-7-22)33(36)37)31-24-10-13-27(26(19-24)29(35)30-23-8-9-23)32-16-14-21(15-17-32)18-20-4-2-1-3-5-20/h1-7,10-13,19,21,23H,8-9,14-18H2,(H,30,35)(H,31,34). The van der Waals surface area contributed by atoms with Crippen molar-refractivity contribution in [2.24, 2.45) is 5.92 Å². The minimum Gasteiger partial charge on any atom is -0.371 e. The Morgan fingerprint density at radius 2 is 1.59 bits per heavy atom. The number of rotatable bonds is 8. The van der Waals surface area contributed by atoms with E-state index in [0.29, 0.717) is 22.7 Å². The lowest BCUT2D eigenvalue weighted by atomic mass is 9.89. The number of nitrogens with one attached hydrogen (secondary N) is 2. The summed E-state index contributed by atoms with van der Waals surface area (Å²) >= 11 is 0. The number of nitro benzene ring substituents is 1. The fraction of sp³-hybridized carbons (Fsp3) is 0.310. The molecule has 0 unspecified atom stereocenters. The van der Waals surface area contributed by atoms with Gasteiger partial charge in [-0.05, 0) is 73.9 Å². The smallest absolute Gasteiger partial charge is 0.269 e. The average Bonchev–Trinajstić information content (AvgIpc) is 3.74. The summed E-state index contributed by atoms with van der Waals surface area (Å²) in [6.07, 6.45) is 5.15. The van der Waals surface area contributed by atoms with Crippen molar-refractivity contribution < 1.29 is 14.5 Å². The molecule has 0 radical (unpaired) electrons. The minimum absolute atomic E-state index is 0.0764. The van der Waals surface area contributed by atoms with E-state index in [9.17, 15) is 19.7 Å². The van der Waals surface area contributed by atoms with Gasteiger partial charge in [-0.25, -0.2) is 0 Å². The molecule has 0 bridgehead atoms. The first-order chi connectivity index (χ1) is 18.0. The van der Waals surface area contributed by atoms with Gasteiger partial charge in [-0.3, -0.25) is 19.7 Å². The van der Waals surface area contributed by atoms with Gasteiger partial charge in [0, 0.05) is 48.2 Å². The molecule has 0 spiro atoms. The fourth-order valence-corrected chi connectivity index (χ4v) is 4.83. The summed E-state index contributed by atoms with van der Waals surface area (Å²) in [4.78, 5) is 38.5. The van der Waals surface area contributed by atoms with Crippen molar-refractivity contribution in [2.45, 2.75) is 38.1 Å². The molecule has 0 atom stereocenters. The van der Waals surface area contributed by atoms with Gasteiger partial charge in [0.15, 0.2) is 0 Å². The molecule has 190 valence electrons. The summed E-state index contributed by atoms with van der Waals surface area (Å²) in [5.74, 6) is 0.0934. The zero-order valence-electron chi connectivity index (χ0n) is 20.6. The molecule has 5 rings (SSSR count). The zero-order chi connectivity index (χ0) is 25.8. The Labute approximate surface area is 215 Å².